The van der Waals surface area contributed by atoms with Gasteiger partial charge in [-0.15, -0.1) is 0 Å². The largest absolute Gasteiger partial charge is 0.417 e. The minimum Gasteiger partial charge on any atom is -0.417 e. The molecule has 1 aliphatic rings. The first-order valence-corrected chi connectivity index (χ1v) is 8.07. The van der Waals surface area contributed by atoms with Crippen LogP contribution in [-0.2, 0) is 11.0 Å². The smallest absolute Gasteiger partial charge is 0.417 e. The average Bonchev–Trinajstić information content (AvgIpc) is 2.68. The molecule has 0 spiro atoms. The van der Waals surface area contributed by atoms with E-state index in [1.54, 1.807) is 4.90 Å². The number of carbonyl (C=O) groups excluding carboxylic acids is 1. The Kier molecular flexibility index (Phi) is 5.24. The SMILES string of the molecule is C=CC(=O)N1CCN(c2nccnc2Oc2ccc(C(F)(F)F)cn2)CC1. The van der Waals surface area contributed by atoms with Gasteiger partial charge < -0.3 is 14.5 Å². The lowest BCUT2D eigenvalue weighted by Gasteiger charge is -2.35. The van der Waals surface area contributed by atoms with Gasteiger partial charge in [0.1, 0.15) is 0 Å². The van der Waals surface area contributed by atoms with Crippen molar-refractivity contribution in [3.05, 3.63) is 48.9 Å². The maximum Gasteiger partial charge on any atom is 0.417 e. The highest BCUT2D eigenvalue weighted by molar-refractivity contribution is 5.87. The third-order valence-electron chi connectivity index (χ3n) is 3.98. The molecule has 27 heavy (non-hydrogen) atoms. The van der Waals surface area contributed by atoms with E-state index in [-0.39, 0.29) is 17.7 Å². The van der Waals surface area contributed by atoms with Crippen molar-refractivity contribution in [3.8, 4) is 11.8 Å². The first kappa shape index (κ1) is 18.6. The van der Waals surface area contributed by atoms with Crippen molar-refractivity contribution >= 4 is 11.7 Å². The molecule has 0 atom stereocenters. The Morgan fingerprint density at radius 3 is 2.41 bits per heavy atom. The standard InChI is InChI=1S/C17H16F3N5O2/c1-2-14(26)24-7-9-25(10-8-24)15-16(22-6-5-21-15)27-13-4-3-12(11-23-13)17(18,19)20/h2-6,11H,1,7-10H2. The molecule has 1 fully saturated rings. The number of aromatic nitrogens is 3. The second kappa shape index (κ2) is 7.60. The van der Waals surface area contributed by atoms with E-state index in [4.69, 9.17) is 4.74 Å². The molecule has 3 rings (SSSR count). The van der Waals surface area contributed by atoms with Crippen molar-refractivity contribution in [2.24, 2.45) is 0 Å². The fraction of sp³-hybridized carbons (Fsp3) is 0.294. The van der Waals surface area contributed by atoms with Crippen LogP contribution < -0.4 is 9.64 Å². The van der Waals surface area contributed by atoms with Gasteiger partial charge >= 0.3 is 6.18 Å². The number of pyridine rings is 1. The number of ether oxygens (including phenoxy) is 1. The van der Waals surface area contributed by atoms with Gasteiger partial charge in [0.15, 0.2) is 5.82 Å². The molecular weight excluding hydrogens is 363 g/mol. The number of alkyl halides is 3. The number of hydrogen-bond donors (Lipinski definition) is 0. The summed E-state index contributed by atoms with van der Waals surface area (Å²) >= 11 is 0. The number of rotatable bonds is 4. The third-order valence-corrected chi connectivity index (χ3v) is 3.98. The van der Waals surface area contributed by atoms with E-state index in [0.717, 1.165) is 12.1 Å². The van der Waals surface area contributed by atoms with Crippen molar-refractivity contribution in [2.45, 2.75) is 6.18 Å². The Labute approximate surface area is 153 Å². The zero-order valence-corrected chi connectivity index (χ0v) is 14.2. The van der Waals surface area contributed by atoms with Crippen molar-refractivity contribution < 1.29 is 22.7 Å². The van der Waals surface area contributed by atoms with Crippen LogP contribution >= 0.6 is 0 Å². The summed E-state index contributed by atoms with van der Waals surface area (Å²) in [6, 6.07) is 2.01. The summed E-state index contributed by atoms with van der Waals surface area (Å²) in [5.41, 5.74) is -0.864. The molecule has 0 aliphatic carbocycles. The summed E-state index contributed by atoms with van der Waals surface area (Å²) in [5, 5.41) is 0. The molecule has 142 valence electrons. The van der Waals surface area contributed by atoms with Gasteiger partial charge in [-0.05, 0) is 12.1 Å². The molecule has 2 aromatic heterocycles. The maximum atomic E-state index is 12.6. The molecule has 7 nitrogen and oxygen atoms in total. The quantitative estimate of drug-likeness (QED) is 0.761. The van der Waals surface area contributed by atoms with Crippen molar-refractivity contribution in [1.29, 1.82) is 0 Å². The topological polar surface area (TPSA) is 71.5 Å². The summed E-state index contributed by atoms with van der Waals surface area (Å²) in [6.07, 6.45) is 0.406. The molecule has 1 aliphatic heterocycles. The fourth-order valence-corrected chi connectivity index (χ4v) is 2.58. The van der Waals surface area contributed by atoms with Crippen molar-refractivity contribution in [1.82, 2.24) is 19.9 Å². The van der Waals surface area contributed by atoms with Crippen LogP contribution in [0.2, 0.25) is 0 Å². The molecule has 3 heterocycles. The van der Waals surface area contributed by atoms with E-state index in [2.05, 4.69) is 21.5 Å². The van der Waals surface area contributed by atoms with Crippen LogP contribution in [0.4, 0.5) is 19.0 Å². The number of piperazine rings is 1. The summed E-state index contributed by atoms with van der Waals surface area (Å²) in [7, 11) is 0. The summed E-state index contributed by atoms with van der Waals surface area (Å²) in [6.45, 7) is 5.46. The molecule has 0 N–H and O–H groups in total. The second-order valence-electron chi connectivity index (χ2n) is 5.69. The van der Waals surface area contributed by atoms with E-state index < -0.39 is 11.7 Å². The van der Waals surface area contributed by atoms with Crippen LogP contribution in [0.1, 0.15) is 5.56 Å². The summed E-state index contributed by atoms with van der Waals surface area (Å²) in [4.78, 5) is 27.3. The molecular formula is C17H16F3N5O2. The Hall–Kier alpha value is -3.17. The highest BCUT2D eigenvalue weighted by Gasteiger charge is 2.31. The Balaban J connectivity index is 1.73. The van der Waals surface area contributed by atoms with Crippen molar-refractivity contribution in [3.63, 3.8) is 0 Å². The first-order valence-electron chi connectivity index (χ1n) is 8.07. The van der Waals surface area contributed by atoms with E-state index >= 15 is 0 Å². The molecule has 0 unspecified atom stereocenters. The average molecular weight is 379 g/mol. The molecule has 1 amide bonds. The van der Waals surface area contributed by atoms with Gasteiger partial charge in [-0.2, -0.15) is 13.2 Å². The van der Waals surface area contributed by atoms with Gasteiger partial charge in [0.2, 0.25) is 11.8 Å². The van der Waals surface area contributed by atoms with Gasteiger partial charge in [-0.3, -0.25) is 4.79 Å². The molecule has 0 aromatic carbocycles. The minimum absolute atomic E-state index is 0.0229. The van der Waals surface area contributed by atoms with E-state index in [1.165, 1.54) is 18.5 Å². The maximum absolute atomic E-state index is 12.6. The van der Waals surface area contributed by atoms with Crippen LogP contribution in [0, 0.1) is 0 Å². The lowest BCUT2D eigenvalue weighted by atomic mass is 10.3. The van der Waals surface area contributed by atoms with Crippen LogP contribution in [-0.4, -0.2) is 51.9 Å². The van der Waals surface area contributed by atoms with Crippen LogP contribution in [0.3, 0.4) is 0 Å². The number of halogens is 3. The fourth-order valence-electron chi connectivity index (χ4n) is 2.58. The number of anilines is 1. The molecule has 0 radical (unpaired) electrons. The lowest BCUT2D eigenvalue weighted by Crippen LogP contribution is -2.48. The third kappa shape index (κ3) is 4.33. The monoisotopic (exact) mass is 379 g/mol. The first-order chi connectivity index (χ1) is 12.9. The van der Waals surface area contributed by atoms with Crippen LogP contribution in [0.25, 0.3) is 0 Å². The zero-order chi connectivity index (χ0) is 19.4. The Morgan fingerprint density at radius 2 is 1.81 bits per heavy atom. The molecule has 10 heteroatoms. The van der Waals surface area contributed by atoms with Gasteiger partial charge in [0, 0.05) is 50.8 Å². The number of carbonyl (C=O) groups is 1. The van der Waals surface area contributed by atoms with Gasteiger partial charge in [-0.1, -0.05) is 6.58 Å². The second-order valence-corrected chi connectivity index (χ2v) is 5.69. The van der Waals surface area contributed by atoms with E-state index in [9.17, 15) is 18.0 Å². The predicted octanol–water partition coefficient (Wildman–Crippen LogP) is 2.52. The lowest BCUT2D eigenvalue weighted by molar-refractivity contribution is -0.137. The molecule has 2 aromatic rings. The number of nitrogens with zero attached hydrogens (tertiary/aromatic N) is 5. The number of hydrogen-bond acceptors (Lipinski definition) is 6. The van der Waals surface area contributed by atoms with Gasteiger partial charge in [-0.25, -0.2) is 15.0 Å². The normalized spacial score (nSPS) is 14.8. The number of amides is 1. The molecule has 1 saturated heterocycles. The highest BCUT2D eigenvalue weighted by atomic mass is 19.4. The van der Waals surface area contributed by atoms with Crippen molar-refractivity contribution in [2.75, 3.05) is 31.1 Å². The van der Waals surface area contributed by atoms with E-state index in [1.807, 2.05) is 4.90 Å². The predicted molar refractivity (Wildman–Crippen MR) is 90.3 cm³/mol. The minimum atomic E-state index is -4.47. The van der Waals surface area contributed by atoms with Gasteiger partial charge in [0.05, 0.1) is 5.56 Å². The zero-order valence-electron chi connectivity index (χ0n) is 14.2. The van der Waals surface area contributed by atoms with Crippen LogP contribution in [0.5, 0.6) is 11.8 Å². The Morgan fingerprint density at radius 1 is 1.11 bits per heavy atom. The Bertz CT molecular complexity index is 818. The molecule has 0 saturated carbocycles. The summed E-state index contributed by atoms with van der Waals surface area (Å²) in [5.74, 6) is 0.405. The summed E-state index contributed by atoms with van der Waals surface area (Å²) < 4.78 is 43.4. The molecule has 0 bridgehead atoms. The van der Waals surface area contributed by atoms with Gasteiger partial charge in [0.25, 0.3) is 5.88 Å². The highest BCUT2D eigenvalue weighted by Crippen LogP contribution is 2.31. The van der Waals surface area contributed by atoms with E-state index in [0.29, 0.717) is 38.2 Å². The van der Waals surface area contributed by atoms with Crippen LogP contribution in [0.15, 0.2) is 43.4 Å².